The number of carboxylic acids is 1. The quantitative estimate of drug-likeness (QED) is 0.454. The second-order valence-corrected chi connectivity index (χ2v) is 8.95. The minimum absolute atomic E-state index is 0. The summed E-state index contributed by atoms with van der Waals surface area (Å²) in [7, 11) is -3.80. The van der Waals surface area contributed by atoms with Gasteiger partial charge in [-0.15, -0.1) is 12.4 Å². The summed E-state index contributed by atoms with van der Waals surface area (Å²) < 4.78 is 27.2. The van der Waals surface area contributed by atoms with Crippen molar-refractivity contribution in [3.05, 3.63) is 52.5 Å². The van der Waals surface area contributed by atoms with Gasteiger partial charge in [0.2, 0.25) is 10.0 Å². The van der Waals surface area contributed by atoms with Gasteiger partial charge in [0, 0.05) is 23.7 Å². The molecule has 1 amide bonds. The summed E-state index contributed by atoms with van der Waals surface area (Å²) in [5, 5.41) is 12.0. The topological polar surface area (TPSA) is 130 Å². The molecule has 4 N–H and O–H groups in total. The van der Waals surface area contributed by atoms with Gasteiger partial charge in [0.1, 0.15) is 4.90 Å². The molecule has 0 heterocycles. The number of nitrogen functional groups attached to an aromatic ring is 1. The van der Waals surface area contributed by atoms with Gasteiger partial charge in [-0.05, 0) is 49.2 Å². The van der Waals surface area contributed by atoms with Gasteiger partial charge in [0.05, 0.1) is 16.9 Å². The van der Waals surface area contributed by atoms with Crippen molar-refractivity contribution in [2.24, 2.45) is 0 Å². The van der Waals surface area contributed by atoms with Crippen molar-refractivity contribution in [3.63, 3.8) is 0 Å². The Labute approximate surface area is 192 Å². The number of carboxylic acid groups (broad SMARTS) is 1. The molecule has 0 fully saturated rings. The Hall–Kier alpha value is -2.33. The van der Waals surface area contributed by atoms with Crippen molar-refractivity contribution in [1.29, 1.82) is 0 Å². The van der Waals surface area contributed by atoms with Crippen LogP contribution in [0.25, 0.3) is 0 Å². The highest BCUT2D eigenvalue weighted by Gasteiger charge is 2.26. The van der Waals surface area contributed by atoms with E-state index in [2.05, 4.69) is 5.32 Å². The number of carbonyl (C=O) groups is 2. The van der Waals surface area contributed by atoms with E-state index >= 15 is 0 Å². The molecule has 2 aromatic rings. The number of hydrogen-bond acceptors (Lipinski definition) is 5. The fourth-order valence-corrected chi connectivity index (χ4v) is 4.80. The second kappa shape index (κ2) is 11.3. The molecule has 0 saturated heterocycles. The molecule has 170 valence electrons. The summed E-state index contributed by atoms with van der Waals surface area (Å²) in [4.78, 5) is 23.9. The van der Waals surface area contributed by atoms with E-state index in [0.717, 1.165) is 0 Å². The zero-order valence-electron chi connectivity index (χ0n) is 17.1. The molecule has 0 unspecified atom stereocenters. The zero-order chi connectivity index (χ0) is 22.5. The first-order valence-corrected chi connectivity index (χ1v) is 11.2. The van der Waals surface area contributed by atoms with Crippen molar-refractivity contribution >= 4 is 57.3 Å². The van der Waals surface area contributed by atoms with Gasteiger partial charge in [-0.3, -0.25) is 4.79 Å². The molecule has 0 atom stereocenters. The highest BCUT2D eigenvalue weighted by molar-refractivity contribution is 7.89. The van der Waals surface area contributed by atoms with E-state index in [-0.39, 0.29) is 44.8 Å². The molecular weight excluding hydrogens is 465 g/mol. The van der Waals surface area contributed by atoms with Crippen LogP contribution in [0, 0.1) is 0 Å². The van der Waals surface area contributed by atoms with Crippen LogP contribution in [0.3, 0.4) is 0 Å². The van der Waals surface area contributed by atoms with Gasteiger partial charge in [0.25, 0.3) is 5.91 Å². The van der Waals surface area contributed by atoms with Crippen LogP contribution in [0.2, 0.25) is 5.02 Å². The lowest BCUT2D eigenvalue weighted by Crippen LogP contribution is -2.33. The summed E-state index contributed by atoms with van der Waals surface area (Å²) in [6, 6.07) is 7.93. The molecule has 0 radical (unpaired) electrons. The minimum Gasteiger partial charge on any atom is -0.478 e. The maximum Gasteiger partial charge on any atom is 0.337 e. The number of rotatable bonds is 9. The third-order valence-electron chi connectivity index (χ3n) is 4.30. The molecule has 2 rings (SSSR count). The number of nitrogens with zero attached hydrogens (tertiary/aromatic N) is 1. The van der Waals surface area contributed by atoms with Gasteiger partial charge >= 0.3 is 5.97 Å². The number of nitrogens with one attached hydrogen (secondary N) is 1. The normalized spacial score (nSPS) is 11.1. The molecule has 0 bridgehead atoms. The Kier molecular flexibility index (Phi) is 9.76. The first-order valence-electron chi connectivity index (χ1n) is 9.35. The lowest BCUT2D eigenvalue weighted by molar-refractivity contribution is 0.0698. The SMILES string of the molecule is CCCN(CCC)S(=O)(=O)c1ccc(C(=O)Nc2ccc(Cl)cc2C(=O)O)cc1N.Cl. The Balaban J connectivity index is 0.00000480. The van der Waals surface area contributed by atoms with E-state index in [9.17, 15) is 23.1 Å². The minimum atomic E-state index is -3.80. The molecule has 8 nitrogen and oxygen atoms in total. The van der Waals surface area contributed by atoms with Crippen molar-refractivity contribution in [3.8, 4) is 0 Å². The van der Waals surface area contributed by atoms with Gasteiger partial charge in [0.15, 0.2) is 0 Å². The smallest absolute Gasteiger partial charge is 0.337 e. The molecule has 31 heavy (non-hydrogen) atoms. The summed E-state index contributed by atoms with van der Waals surface area (Å²) in [6.45, 7) is 4.51. The Bertz CT molecular complexity index is 1050. The van der Waals surface area contributed by atoms with Crippen molar-refractivity contribution in [1.82, 2.24) is 4.31 Å². The molecule has 0 aliphatic heterocycles. The van der Waals surface area contributed by atoms with Crippen LogP contribution in [0.15, 0.2) is 41.3 Å². The second-order valence-electron chi connectivity index (χ2n) is 6.61. The first kappa shape index (κ1) is 26.7. The molecule has 0 spiro atoms. The predicted octanol–water partition coefficient (Wildman–Crippen LogP) is 4.11. The highest BCUT2D eigenvalue weighted by atomic mass is 35.5. The van der Waals surface area contributed by atoms with E-state index < -0.39 is 21.9 Å². The van der Waals surface area contributed by atoms with E-state index in [1.54, 1.807) is 0 Å². The Morgan fingerprint density at radius 1 is 1.10 bits per heavy atom. The van der Waals surface area contributed by atoms with Crippen LogP contribution in [0.4, 0.5) is 11.4 Å². The third kappa shape index (κ3) is 6.33. The van der Waals surface area contributed by atoms with Crippen LogP contribution < -0.4 is 11.1 Å². The summed E-state index contributed by atoms with van der Waals surface area (Å²) in [5.74, 6) is -1.88. The first-order chi connectivity index (χ1) is 14.1. The van der Waals surface area contributed by atoms with Crippen molar-refractivity contribution in [2.75, 3.05) is 24.1 Å². The van der Waals surface area contributed by atoms with Crippen LogP contribution >= 0.6 is 24.0 Å². The summed E-state index contributed by atoms with van der Waals surface area (Å²) in [5.41, 5.74) is 5.89. The fraction of sp³-hybridized carbons (Fsp3) is 0.300. The van der Waals surface area contributed by atoms with E-state index in [1.165, 1.54) is 40.7 Å². The number of carbonyl (C=O) groups excluding carboxylic acids is 1. The van der Waals surface area contributed by atoms with Gasteiger partial charge in [-0.1, -0.05) is 25.4 Å². The molecule has 0 aliphatic carbocycles. The average Bonchev–Trinajstić information content (AvgIpc) is 2.68. The monoisotopic (exact) mass is 489 g/mol. The molecule has 0 saturated carbocycles. The maximum atomic E-state index is 12.9. The molecular formula is C20H25Cl2N3O5S. The van der Waals surface area contributed by atoms with Crippen molar-refractivity contribution in [2.45, 2.75) is 31.6 Å². The average molecular weight is 490 g/mol. The number of aromatic carboxylic acids is 1. The number of sulfonamides is 1. The zero-order valence-corrected chi connectivity index (χ0v) is 19.5. The standard InChI is InChI=1S/C20H24ClN3O5S.ClH/c1-3-9-24(10-4-2)30(28,29)18-8-5-13(11-16(18)22)19(25)23-17-7-6-14(21)12-15(17)20(26)27;/h5-8,11-12H,3-4,9-10,22H2,1-2H3,(H,23,25)(H,26,27);1H. The molecule has 11 heteroatoms. The largest absolute Gasteiger partial charge is 0.478 e. The van der Waals surface area contributed by atoms with Crippen LogP contribution in [-0.2, 0) is 10.0 Å². The van der Waals surface area contributed by atoms with Gasteiger partial charge < -0.3 is 16.2 Å². The number of halogens is 2. The van der Waals surface area contributed by atoms with E-state index in [1.807, 2.05) is 13.8 Å². The van der Waals surface area contributed by atoms with Crippen molar-refractivity contribution < 1.29 is 23.1 Å². The number of amides is 1. The fourth-order valence-electron chi connectivity index (χ4n) is 2.91. The van der Waals surface area contributed by atoms with E-state index in [4.69, 9.17) is 17.3 Å². The van der Waals surface area contributed by atoms with Crippen LogP contribution in [-0.4, -0.2) is 42.8 Å². The lowest BCUT2D eigenvalue weighted by atomic mass is 10.1. The van der Waals surface area contributed by atoms with E-state index in [0.29, 0.717) is 25.9 Å². The predicted molar refractivity (Wildman–Crippen MR) is 124 cm³/mol. The number of hydrogen-bond donors (Lipinski definition) is 3. The third-order valence-corrected chi connectivity index (χ3v) is 6.50. The number of anilines is 2. The van der Waals surface area contributed by atoms with Crippen LogP contribution in [0.1, 0.15) is 47.4 Å². The molecule has 2 aromatic carbocycles. The van der Waals surface area contributed by atoms with Crippen LogP contribution in [0.5, 0.6) is 0 Å². The number of benzene rings is 2. The Morgan fingerprint density at radius 2 is 1.71 bits per heavy atom. The lowest BCUT2D eigenvalue weighted by Gasteiger charge is -2.22. The Morgan fingerprint density at radius 3 is 2.23 bits per heavy atom. The summed E-state index contributed by atoms with van der Waals surface area (Å²) >= 11 is 5.81. The molecule has 0 aliphatic rings. The van der Waals surface area contributed by atoms with Gasteiger partial charge in [-0.2, -0.15) is 4.31 Å². The number of nitrogens with two attached hydrogens (primary N) is 1. The maximum absolute atomic E-state index is 12.9. The highest BCUT2D eigenvalue weighted by Crippen LogP contribution is 2.26. The summed E-state index contributed by atoms with van der Waals surface area (Å²) in [6.07, 6.45) is 1.32. The molecule has 0 aromatic heterocycles. The van der Waals surface area contributed by atoms with Gasteiger partial charge in [-0.25, -0.2) is 13.2 Å².